The van der Waals surface area contributed by atoms with Crippen molar-refractivity contribution >= 4 is 6.03 Å². The molecule has 1 aromatic heterocycles. The van der Waals surface area contributed by atoms with Gasteiger partial charge in [0.1, 0.15) is 0 Å². The number of fused-ring (bicyclic) bond motifs is 2. The second-order valence-corrected chi connectivity index (χ2v) is 4.98. The van der Waals surface area contributed by atoms with Crippen LogP contribution in [0.25, 0.3) is 0 Å². The number of carbonyl (C=O) groups excluding carboxylic acids is 1. The van der Waals surface area contributed by atoms with Crippen molar-refractivity contribution in [3.8, 4) is 0 Å². The number of urea groups is 1. The molecule has 1 fully saturated rings. The number of aryl methyl sites for hydroxylation is 1. The summed E-state index contributed by atoms with van der Waals surface area (Å²) in [6, 6.07) is 2.18. The molecule has 92 valence electrons. The zero-order chi connectivity index (χ0) is 11.9. The van der Waals surface area contributed by atoms with Crippen molar-refractivity contribution in [2.24, 2.45) is 0 Å². The first kappa shape index (κ1) is 10.6. The second-order valence-electron chi connectivity index (χ2n) is 4.98. The van der Waals surface area contributed by atoms with Crippen LogP contribution in [-0.4, -0.2) is 40.3 Å². The molecular formula is C12H18N4O. The summed E-state index contributed by atoms with van der Waals surface area (Å²) in [6.45, 7) is 5.34. The van der Waals surface area contributed by atoms with Gasteiger partial charge in [-0.3, -0.25) is 4.68 Å². The summed E-state index contributed by atoms with van der Waals surface area (Å²) in [5.74, 6) is 0. The van der Waals surface area contributed by atoms with Crippen LogP contribution in [0.4, 0.5) is 4.79 Å². The van der Waals surface area contributed by atoms with Crippen LogP contribution in [0.2, 0.25) is 0 Å². The maximum absolute atomic E-state index is 11.8. The van der Waals surface area contributed by atoms with Crippen LogP contribution in [0.15, 0.2) is 12.3 Å². The zero-order valence-corrected chi connectivity index (χ0v) is 10.1. The lowest BCUT2D eigenvalue weighted by atomic mass is 9.83. The van der Waals surface area contributed by atoms with Crippen LogP contribution in [0.3, 0.4) is 0 Å². The molecule has 17 heavy (non-hydrogen) atoms. The van der Waals surface area contributed by atoms with Crippen LogP contribution >= 0.6 is 0 Å². The number of nitrogens with zero attached hydrogens (tertiary/aromatic N) is 3. The summed E-state index contributed by atoms with van der Waals surface area (Å²) in [4.78, 5) is 13.8. The first-order valence-electron chi connectivity index (χ1n) is 6.30. The van der Waals surface area contributed by atoms with Crippen LogP contribution in [0.5, 0.6) is 0 Å². The Morgan fingerprint density at radius 2 is 2.35 bits per heavy atom. The quantitative estimate of drug-likeness (QED) is 0.787. The maximum atomic E-state index is 11.8. The molecule has 5 heteroatoms. The molecule has 1 spiro atoms. The predicted molar refractivity (Wildman–Crippen MR) is 63.8 cm³/mol. The molecule has 0 aliphatic carbocycles. The van der Waals surface area contributed by atoms with Gasteiger partial charge in [0.15, 0.2) is 0 Å². The molecule has 0 aromatic carbocycles. The third-order valence-corrected chi connectivity index (χ3v) is 4.03. The van der Waals surface area contributed by atoms with Gasteiger partial charge in [-0.2, -0.15) is 5.10 Å². The van der Waals surface area contributed by atoms with Gasteiger partial charge in [0.2, 0.25) is 0 Å². The van der Waals surface area contributed by atoms with Gasteiger partial charge in [-0.25, -0.2) is 4.79 Å². The summed E-state index contributed by atoms with van der Waals surface area (Å²) in [5.41, 5.74) is 1.48. The Morgan fingerprint density at radius 3 is 3.18 bits per heavy atom. The van der Waals surface area contributed by atoms with Gasteiger partial charge in [-0.05, 0) is 25.8 Å². The highest BCUT2D eigenvalue weighted by Crippen LogP contribution is 2.41. The van der Waals surface area contributed by atoms with E-state index in [1.165, 1.54) is 5.69 Å². The fourth-order valence-electron chi connectivity index (χ4n) is 3.13. The summed E-state index contributed by atoms with van der Waals surface area (Å²) in [6.07, 6.45) is 4.05. The number of hydrogen-bond donors (Lipinski definition) is 1. The highest BCUT2D eigenvalue weighted by atomic mass is 16.2. The minimum atomic E-state index is 0.0716. The molecule has 0 radical (unpaired) electrons. The number of likely N-dealkylation sites (tertiary alicyclic amines) is 1. The normalized spacial score (nSPS) is 26.5. The van der Waals surface area contributed by atoms with E-state index >= 15 is 0 Å². The molecular weight excluding hydrogens is 216 g/mol. The molecule has 2 aliphatic rings. The Bertz CT molecular complexity index is 441. The maximum Gasteiger partial charge on any atom is 0.317 e. The van der Waals surface area contributed by atoms with E-state index in [-0.39, 0.29) is 11.4 Å². The molecule has 1 saturated heterocycles. The van der Waals surface area contributed by atoms with Gasteiger partial charge in [0.05, 0.1) is 0 Å². The molecule has 3 heterocycles. The van der Waals surface area contributed by atoms with Gasteiger partial charge in [-0.15, -0.1) is 0 Å². The van der Waals surface area contributed by atoms with E-state index in [2.05, 4.69) is 21.2 Å². The van der Waals surface area contributed by atoms with Crippen molar-refractivity contribution in [3.05, 3.63) is 18.0 Å². The Hall–Kier alpha value is -1.52. The van der Waals surface area contributed by atoms with Crippen LogP contribution in [0.1, 0.15) is 25.5 Å². The van der Waals surface area contributed by atoms with E-state index in [0.717, 1.165) is 32.5 Å². The van der Waals surface area contributed by atoms with E-state index < -0.39 is 0 Å². The molecule has 1 unspecified atom stereocenters. The molecule has 1 aromatic rings. The summed E-state index contributed by atoms with van der Waals surface area (Å²) in [7, 11) is 0. The fraction of sp³-hybridized carbons (Fsp3) is 0.667. The van der Waals surface area contributed by atoms with Crippen molar-refractivity contribution in [2.45, 2.75) is 31.7 Å². The van der Waals surface area contributed by atoms with E-state index in [1.807, 2.05) is 18.0 Å². The molecule has 2 amide bonds. The summed E-state index contributed by atoms with van der Waals surface area (Å²) >= 11 is 0. The number of amides is 2. The summed E-state index contributed by atoms with van der Waals surface area (Å²) < 4.78 is 2.08. The van der Waals surface area contributed by atoms with Gasteiger partial charge < -0.3 is 10.2 Å². The number of nitrogens with one attached hydrogen (secondary N) is 1. The van der Waals surface area contributed by atoms with Gasteiger partial charge in [-0.1, -0.05) is 0 Å². The molecule has 1 atom stereocenters. The average Bonchev–Trinajstić information content (AvgIpc) is 3.00. The minimum Gasteiger partial charge on any atom is -0.338 e. The standard InChI is InChI=1S/C12H18N4O/c1-2-13-11(17)15-7-4-12(9-15)5-8-16-10(12)3-6-14-16/h3,6H,2,4-5,7-9H2,1H3,(H,13,17). The third-order valence-electron chi connectivity index (χ3n) is 4.03. The Morgan fingerprint density at radius 1 is 1.53 bits per heavy atom. The predicted octanol–water partition coefficient (Wildman–Crippen LogP) is 0.960. The lowest BCUT2D eigenvalue weighted by molar-refractivity contribution is 0.206. The van der Waals surface area contributed by atoms with Crippen molar-refractivity contribution in [2.75, 3.05) is 19.6 Å². The van der Waals surface area contributed by atoms with E-state index in [1.54, 1.807) is 0 Å². The van der Waals surface area contributed by atoms with Crippen molar-refractivity contribution in [1.29, 1.82) is 0 Å². The summed E-state index contributed by atoms with van der Waals surface area (Å²) in [5, 5.41) is 7.20. The van der Waals surface area contributed by atoms with Crippen molar-refractivity contribution in [1.82, 2.24) is 20.0 Å². The smallest absolute Gasteiger partial charge is 0.317 e. The number of hydrogen-bond acceptors (Lipinski definition) is 2. The average molecular weight is 234 g/mol. The third kappa shape index (κ3) is 1.52. The van der Waals surface area contributed by atoms with Gasteiger partial charge in [0, 0.05) is 43.5 Å². The zero-order valence-electron chi connectivity index (χ0n) is 10.1. The SMILES string of the molecule is CCNC(=O)N1CCC2(CCn3nccc32)C1. The molecule has 0 saturated carbocycles. The molecule has 1 N–H and O–H groups in total. The molecule has 5 nitrogen and oxygen atoms in total. The van der Waals surface area contributed by atoms with Gasteiger partial charge >= 0.3 is 6.03 Å². The lowest BCUT2D eigenvalue weighted by Crippen LogP contribution is -2.40. The highest BCUT2D eigenvalue weighted by Gasteiger charge is 2.46. The molecule has 2 aliphatic heterocycles. The van der Waals surface area contributed by atoms with E-state index in [4.69, 9.17) is 0 Å². The van der Waals surface area contributed by atoms with Crippen LogP contribution in [0, 0.1) is 0 Å². The Kier molecular flexibility index (Phi) is 2.34. The van der Waals surface area contributed by atoms with E-state index in [0.29, 0.717) is 6.54 Å². The Labute approximate surface area is 101 Å². The second kappa shape index (κ2) is 3.75. The van der Waals surface area contributed by atoms with Crippen LogP contribution < -0.4 is 5.32 Å². The lowest BCUT2D eigenvalue weighted by Gasteiger charge is -2.23. The first-order valence-corrected chi connectivity index (χ1v) is 6.30. The number of rotatable bonds is 1. The number of aromatic nitrogens is 2. The van der Waals surface area contributed by atoms with E-state index in [9.17, 15) is 4.79 Å². The van der Waals surface area contributed by atoms with Crippen LogP contribution in [-0.2, 0) is 12.0 Å². The minimum absolute atomic E-state index is 0.0716. The van der Waals surface area contributed by atoms with Crippen molar-refractivity contribution < 1.29 is 4.79 Å². The number of carbonyl (C=O) groups is 1. The highest BCUT2D eigenvalue weighted by molar-refractivity contribution is 5.74. The molecule has 0 bridgehead atoms. The monoisotopic (exact) mass is 234 g/mol. The first-order chi connectivity index (χ1) is 8.25. The molecule has 3 rings (SSSR count). The van der Waals surface area contributed by atoms with Gasteiger partial charge in [0.25, 0.3) is 0 Å². The Balaban J connectivity index is 1.78. The fourth-order valence-corrected chi connectivity index (χ4v) is 3.13. The van der Waals surface area contributed by atoms with Crippen molar-refractivity contribution in [3.63, 3.8) is 0 Å². The topological polar surface area (TPSA) is 50.2 Å². The largest absolute Gasteiger partial charge is 0.338 e.